The van der Waals surface area contributed by atoms with E-state index in [1.165, 1.54) is 0 Å². The maximum atomic E-state index is 3.13. The van der Waals surface area contributed by atoms with Crippen LogP contribution in [0.1, 0.15) is 8.35 Å². The van der Waals surface area contributed by atoms with Gasteiger partial charge in [0.25, 0.3) is 0 Å². The molecule has 0 saturated heterocycles. The Bertz CT molecular complexity index is 141. The number of aromatic nitrogens is 1. The van der Waals surface area contributed by atoms with Gasteiger partial charge < -0.3 is 11.7 Å². The zero-order chi connectivity index (χ0) is 5.82. The Balaban J connectivity index is 0. The molecule has 0 saturated carbocycles. The number of nitrogens with one attached hydrogen (secondary N) is 2. The van der Waals surface area contributed by atoms with Crippen LogP contribution < -0.4 is 24.2 Å². The third-order valence-corrected chi connectivity index (χ3v) is 0.965. The first-order valence-electron chi connectivity index (χ1n) is 2.80. The third kappa shape index (κ3) is 2.64. The van der Waals surface area contributed by atoms with Gasteiger partial charge in [0.2, 0.25) is 0 Å². The molecule has 9 heavy (non-hydrogen) atoms. The molecule has 46 valence electrons. The van der Waals surface area contributed by atoms with Gasteiger partial charge in [0.05, 0.1) is 0 Å². The van der Waals surface area contributed by atoms with E-state index in [0.29, 0.717) is 0 Å². The molecule has 0 radical (unpaired) electrons. The summed E-state index contributed by atoms with van der Waals surface area (Å²) in [6, 6.07) is 3.97. The van der Waals surface area contributed by atoms with Crippen LogP contribution in [0.4, 0.5) is 5.82 Å². The van der Waals surface area contributed by atoms with Crippen molar-refractivity contribution in [3.63, 3.8) is 0 Å². The first-order chi connectivity index (χ1) is 3.93. The Morgan fingerprint density at radius 3 is 3.00 bits per heavy atom. The molecule has 0 unspecified atom stereocenters. The third-order valence-electron chi connectivity index (χ3n) is 0.965. The molecule has 0 aliphatic carbocycles. The van der Waals surface area contributed by atoms with Gasteiger partial charge in [-0.1, -0.05) is 0 Å². The van der Waals surface area contributed by atoms with Crippen LogP contribution >= 0.6 is 0 Å². The number of H-pyrrole nitrogens is 1. The minimum absolute atomic E-state index is 0. The fourth-order valence-electron chi connectivity index (χ4n) is 0.631. The van der Waals surface area contributed by atoms with Crippen LogP contribution in [0, 0.1) is 0 Å². The van der Waals surface area contributed by atoms with Crippen molar-refractivity contribution in [2.24, 2.45) is 0 Å². The van der Waals surface area contributed by atoms with Crippen molar-refractivity contribution in [1.82, 2.24) is 4.98 Å². The predicted molar refractivity (Wildman–Crippen MR) is 36.1 cm³/mol. The second-order valence-corrected chi connectivity index (χ2v) is 1.61. The maximum absolute atomic E-state index is 3.13. The van der Waals surface area contributed by atoms with Gasteiger partial charge in [0, 0.05) is 12.7 Å². The smallest absolute Gasteiger partial charge is 1.00 e. The molecule has 1 aromatic rings. The number of rotatable bonds is 2. The Morgan fingerprint density at radius 2 is 2.56 bits per heavy atom. The van der Waals surface area contributed by atoms with Crippen LogP contribution in [0.5, 0.6) is 0 Å². The number of hydrogen-bond acceptors (Lipinski definition) is 1. The van der Waals surface area contributed by atoms with Crippen molar-refractivity contribution in [2.75, 3.05) is 11.9 Å². The van der Waals surface area contributed by atoms with Gasteiger partial charge in [0.1, 0.15) is 5.82 Å². The Labute approximate surface area is 68.7 Å². The van der Waals surface area contributed by atoms with Gasteiger partial charge in [-0.25, -0.2) is 0 Å². The summed E-state index contributed by atoms with van der Waals surface area (Å²) in [5.74, 6) is 1.09. The molecule has 0 aliphatic heterocycles. The second-order valence-electron chi connectivity index (χ2n) is 1.61. The molecule has 0 aliphatic rings. The summed E-state index contributed by atoms with van der Waals surface area (Å²) in [7, 11) is 0. The zero-order valence-corrected chi connectivity index (χ0v) is 5.94. The van der Waals surface area contributed by atoms with Crippen LogP contribution in [-0.4, -0.2) is 11.5 Å². The van der Waals surface area contributed by atoms with Crippen molar-refractivity contribution in [2.45, 2.75) is 6.92 Å². The molecule has 0 aromatic carbocycles. The molecule has 0 spiro atoms. The van der Waals surface area contributed by atoms with Crippen LogP contribution in [0.15, 0.2) is 18.3 Å². The van der Waals surface area contributed by atoms with E-state index in [0.717, 1.165) is 12.4 Å². The van der Waals surface area contributed by atoms with Crippen molar-refractivity contribution >= 4 is 5.82 Å². The predicted octanol–water partition coefficient (Wildman–Crippen LogP) is -1.44. The van der Waals surface area contributed by atoms with Gasteiger partial charge in [-0.05, 0) is 19.1 Å². The summed E-state index contributed by atoms with van der Waals surface area (Å²) < 4.78 is 0. The molecule has 0 bridgehead atoms. The van der Waals surface area contributed by atoms with Gasteiger partial charge in [-0.15, -0.1) is 0 Å². The van der Waals surface area contributed by atoms with E-state index in [4.69, 9.17) is 0 Å². The van der Waals surface area contributed by atoms with E-state index in [9.17, 15) is 0 Å². The average Bonchev–Trinajstić information content (AvgIpc) is 2.19. The first kappa shape index (κ1) is 8.68. The van der Waals surface area contributed by atoms with E-state index in [1.807, 2.05) is 18.3 Å². The summed E-state index contributed by atoms with van der Waals surface area (Å²) in [6.07, 6.45) is 1.90. The fraction of sp³-hybridized carbons (Fsp3) is 0.333. The van der Waals surface area contributed by atoms with Gasteiger partial charge in [0.15, 0.2) is 0 Å². The normalized spacial score (nSPS) is 8.11. The summed E-state index contributed by atoms with van der Waals surface area (Å²) in [4.78, 5) is 3.03. The quantitative estimate of drug-likeness (QED) is 0.457. The molecule has 3 heteroatoms. The molecular formula is C6H11LiN2. The molecule has 1 rings (SSSR count). The second kappa shape index (κ2) is 4.55. The number of aromatic amines is 1. The summed E-state index contributed by atoms with van der Waals surface area (Å²) >= 11 is 0. The van der Waals surface area contributed by atoms with Crippen molar-refractivity contribution in [3.05, 3.63) is 18.3 Å². The van der Waals surface area contributed by atoms with Crippen molar-refractivity contribution < 1.29 is 20.3 Å². The van der Waals surface area contributed by atoms with Crippen LogP contribution in [0.2, 0.25) is 0 Å². The van der Waals surface area contributed by atoms with E-state index >= 15 is 0 Å². The Hall–Kier alpha value is -0.323. The molecule has 2 nitrogen and oxygen atoms in total. The molecule has 0 atom stereocenters. The van der Waals surface area contributed by atoms with E-state index in [2.05, 4.69) is 17.2 Å². The number of anilines is 1. The molecular weight excluding hydrogens is 107 g/mol. The molecule has 0 amide bonds. The average molecular weight is 118 g/mol. The largest absolute Gasteiger partial charge is 1.00 e. The summed E-state index contributed by atoms with van der Waals surface area (Å²) in [5.41, 5.74) is 0. The van der Waals surface area contributed by atoms with Crippen molar-refractivity contribution in [1.29, 1.82) is 0 Å². The van der Waals surface area contributed by atoms with Gasteiger partial charge in [-0.2, -0.15) is 0 Å². The Kier molecular flexibility index (Phi) is 4.38. The van der Waals surface area contributed by atoms with Crippen LogP contribution in [0.25, 0.3) is 0 Å². The van der Waals surface area contributed by atoms with Crippen LogP contribution in [-0.2, 0) is 0 Å². The zero-order valence-electron chi connectivity index (χ0n) is 6.94. The maximum Gasteiger partial charge on any atom is 1.00 e. The standard InChI is InChI=1S/C6H10N2.Li.H/c1-2-7-6-4-3-5-8-6;;/h3-5,7-8H,2H2,1H3;;/q;+1;-1. The molecule has 1 aromatic heterocycles. The minimum Gasteiger partial charge on any atom is -1.00 e. The summed E-state index contributed by atoms with van der Waals surface area (Å²) in [5, 5.41) is 3.13. The molecule has 0 fully saturated rings. The number of hydrogen-bond donors (Lipinski definition) is 2. The molecule has 2 N–H and O–H groups in total. The van der Waals surface area contributed by atoms with Gasteiger partial charge >= 0.3 is 18.9 Å². The van der Waals surface area contributed by atoms with E-state index < -0.39 is 0 Å². The Morgan fingerprint density at radius 1 is 1.78 bits per heavy atom. The van der Waals surface area contributed by atoms with E-state index in [1.54, 1.807) is 0 Å². The summed E-state index contributed by atoms with van der Waals surface area (Å²) in [6.45, 7) is 3.04. The first-order valence-corrected chi connectivity index (χ1v) is 2.80. The van der Waals surface area contributed by atoms with Crippen molar-refractivity contribution in [3.8, 4) is 0 Å². The topological polar surface area (TPSA) is 27.8 Å². The fourth-order valence-corrected chi connectivity index (χ4v) is 0.631. The van der Waals surface area contributed by atoms with E-state index in [-0.39, 0.29) is 20.3 Å². The van der Waals surface area contributed by atoms with Crippen LogP contribution in [0.3, 0.4) is 0 Å². The van der Waals surface area contributed by atoms with Gasteiger partial charge in [-0.3, -0.25) is 0 Å². The monoisotopic (exact) mass is 118 g/mol. The minimum atomic E-state index is 0. The molecule has 1 heterocycles. The SMILES string of the molecule is CCNc1ccc[nH]1.[H-].[Li+].